The molecule has 1 aromatic heterocycles. The normalized spacial score (nSPS) is 11.0. The van der Waals surface area contributed by atoms with Gasteiger partial charge < -0.3 is 9.64 Å². The van der Waals surface area contributed by atoms with Gasteiger partial charge in [-0.3, -0.25) is 9.48 Å². The number of fused-ring (bicyclic) bond motifs is 1. The van der Waals surface area contributed by atoms with Crippen molar-refractivity contribution in [3.05, 3.63) is 83.8 Å². The Bertz CT molecular complexity index is 1250. The Morgan fingerprint density at radius 1 is 1.13 bits per heavy atom. The summed E-state index contributed by atoms with van der Waals surface area (Å²) in [6.45, 7) is 2.80. The van der Waals surface area contributed by atoms with Crippen molar-refractivity contribution in [1.82, 2.24) is 14.7 Å². The highest BCUT2D eigenvalue weighted by atomic mass is 19.1. The van der Waals surface area contributed by atoms with Crippen LogP contribution in [-0.2, 0) is 13.6 Å². The van der Waals surface area contributed by atoms with Gasteiger partial charge >= 0.3 is 0 Å². The number of carbonyl (C=O) groups is 1. The van der Waals surface area contributed by atoms with Crippen LogP contribution >= 0.6 is 0 Å². The molecular weight excluding hydrogens is 393 g/mol. The summed E-state index contributed by atoms with van der Waals surface area (Å²) in [6.07, 6.45) is 1.96. The molecule has 0 unspecified atom stereocenters. The van der Waals surface area contributed by atoms with Crippen molar-refractivity contribution in [2.45, 2.75) is 13.5 Å². The first-order valence-corrected chi connectivity index (χ1v) is 10.1. The average molecular weight is 417 g/mol. The summed E-state index contributed by atoms with van der Waals surface area (Å²) in [6, 6.07) is 17.6. The van der Waals surface area contributed by atoms with Gasteiger partial charge in [0, 0.05) is 43.4 Å². The van der Waals surface area contributed by atoms with Crippen LogP contribution in [0.1, 0.15) is 22.8 Å². The van der Waals surface area contributed by atoms with Crippen molar-refractivity contribution in [3.8, 4) is 16.9 Å². The summed E-state index contributed by atoms with van der Waals surface area (Å²) in [4.78, 5) is 14.7. The van der Waals surface area contributed by atoms with E-state index in [1.807, 2.05) is 50.5 Å². The van der Waals surface area contributed by atoms with Crippen molar-refractivity contribution < 1.29 is 13.9 Å². The van der Waals surface area contributed by atoms with Gasteiger partial charge in [-0.15, -0.1) is 0 Å². The van der Waals surface area contributed by atoms with Gasteiger partial charge in [0.25, 0.3) is 5.91 Å². The third-order valence-corrected chi connectivity index (χ3v) is 5.11. The monoisotopic (exact) mass is 417 g/mol. The van der Waals surface area contributed by atoms with E-state index in [4.69, 9.17) is 4.74 Å². The van der Waals surface area contributed by atoms with Gasteiger partial charge in [-0.05, 0) is 60.5 Å². The maximum absolute atomic E-state index is 13.7. The maximum Gasteiger partial charge on any atom is 0.254 e. The molecule has 0 aliphatic carbocycles. The largest absolute Gasteiger partial charge is 0.493 e. The molecule has 4 aromatic rings. The molecule has 1 heterocycles. The van der Waals surface area contributed by atoms with Crippen LogP contribution in [0.4, 0.5) is 4.39 Å². The second-order valence-electron chi connectivity index (χ2n) is 7.51. The summed E-state index contributed by atoms with van der Waals surface area (Å²) in [5.74, 6) is 0.132. The molecule has 0 saturated heterocycles. The summed E-state index contributed by atoms with van der Waals surface area (Å²) >= 11 is 0. The summed E-state index contributed by atoms with van der Waals surface area (Å²) < 4.78 is 21.2. The molecule has 0 aliphatic rings. The number of aromatic nitrogens is 2. The van der Waals surface area contributed by atoms with Crippen molar-refractivity contribution in [2.75, 3.05) is 13.7 Å². The first kappa shape index (κ1) is 20.6. The van der Waals surface area contributed by atoms with E-state index < -0.39 is 0 Å². The molecule has 0 atom stereocenters. The van der Waals surface area contributed by atoms with Crippen molar-refractivity contribution in [2.24, 2.45) is 7.05 Å². The highest BCUT2D eigenvalue weighted by Gasteiger charge is 2.16. The van der Waals surface area contributed by atoms with Crippen LogP contribution in [-0.4, -0.2) is 34.2 Å². The Hall–Kier alpha value is -3.67. The van der Waals surface area contributed by atoms with Crippen molar-refractivity contribution >= 4 is 16.8 Å². The fourth-order valence-corrected chi connectivity index (χ4v) is 3.69. The van der Waals surface area contributed by atoms with E-state index in [0.29, 0.717) is 30.0 Å². The van der Waals surface area contributed by atoms with E-state index >= 15 is 0 Å². The van der Waals surface area contributed by atoms with Crippen molar-refractivity contribution in [1.29, 1.82) is 0 Å². The van der Waals surface area contributed by atoms with Gasteiger partial charge in [0.05, 0.1) is 12.1 Å². The molecule has 6 heteroatoms. The second kappa shape index (κ2) is 8.60. The average Bonchev–Trinajstić information content (AvgIpc) is 3.12. The van der Waals surface area contributed by atoms with E-state index in [-0.39, 0.29) is 11.7 Å². The minimum Gasteiger partial charge on any atom is -0.493 e. The molecule has 0 saturated carbocycles. The van der Waals surface area contributed by atoms with Crippen LogP contribution in [0.2, 0.25) is 0 Å². The van der Waals surface area contributed by atoms with Crippen LogP contribution in [0.3, 0.4) is 0 Å². The van der Waals surface area contributed by atoms with Gasteiger partial charge in [0.1, 0.15) is 11.6 Å². The van der Waals surface area contributed by atoms with E-state index in [2.05, 4.69) is 5.10 Å². The number of rotatable bonds is 6. The molecule has 0 bridgehead atoms. The van der Waals surface area contributed by atoms with Crippen LogP contribution in [0.5, 0.6) is 5.75 Å². The lowest BCUT2D eigenvalue weighted by molar-refractivity contribution is 0.0784. The predicted molar refractivity (Wildman–Crippen MR) is 120 cm³/mol. The molecule has 0 radical (unpaired) electrons. The molecular formula is C25H24FN3O2. The van der Waals surface area contributed by atoms with Gasteiger partial charge in [0.2, 0.25) is 0 Å². The zero-order chi connectivity index (χ0) is 22.0. The second-order valence-corrected chi connectivity index (χ2v) is 7.51. The third kappa shape index (κ3) is 4.43. The van der Waals surface area contributed by atoms with Gasteiger partial charge in [-0.2, -0.15) is 5.10 Å². The minimum atomic E-state index is -0.314. The number of ether oxygens (including phenoxy) is 1. The highest BCUT2D eigenvalue weighted by Crippen LogP contribution is 2.32. The summed E-state index contributed by atoms with van der Waals surface area (Å²) in [5, 5.41) is 5.42. The molecule has 3 aromatic carbocycles. The standard InChI is InChI=1S/C25H24FN3O2/c1-4-31-24-14-19(9-10-22(24)18-6-5-7-21(26)13-18)25(30)28(2)15-17-8-11-23-20(12-17)16-29(3)27-23/h5-14,16H,4,15H2,1-3H3. The summed E-state index contributed by atoms with van der Waals surface area (Å²) in [5.41, 5.74) is 3.93. The molecule has 0 spiro atoms. The van der Waals surface area contributed by atoms with Crippen LogP contribution in [0, 0.1) is 5.82 Å². The molecule has 0 aliphatic heterocycles. The lowest BCUT2D eigenvalue weighted by atomic mass is 10.0. The van der Waals surface area contributed by atoms with Crippen LogP contribution < -0.4 is 4.74 Å². The molecule has 31 heavy (non-hydrogen) atoms. The Morgan fingerprint density at radius 2 is 1.97 bits per heavy atom. The quantitative estimate of drug-likeness (QED) is 0.441. The lowest BCUT2D eigenvalue weighted by Crippen LogP contribution is -2.26. The molecule has 5 nitrogen and oxygen atoms in total. The van der Waals surface area contributed by atoms with E-state index in [0.717, 1.165) is 22.0 Å². The number of amides is 1. The molecule has 4 rings (SSSR count). The fourth-order valence-electron chi connectivity index (χ4n) is 3.69. The first-order chi connectivity index (χ1) is 14.9. The first-order valence-electron chi connectivity index (χ1n) is 10.1. The van der Waals surface area contributed by atoms with Gasteiger partial charge in [0.15, 0.2) is 0 Å². The molecule has 158 valence electrons. The van der Waals surface area contributed by atoms with Crippen LogP contribution in [0.15, 0.2) is 66.9 Å². The highest BCUT2D eigenvalue weighted by molar-refractivity contribution is 5.95. The summed E-state index contributed by atoms with van der Waals surface area (Å²) in [7, 11) is 3.66. The number of carbonyl (C=O) groups excluding carboxylic acids is 1. The van der Waals surface area contributed by atoms with Gasteiger partial charge in [-0.25, -0.2) is 4.39 Å². The smallest absolute Gasteiger partial charge is 0.254 e. The number of benzene rings is 3. The number of hydrogen-bond donors (Lipinski definition) is 0. The Morgan fingerprint density at radius 3 is 2.74 bits per heavy atom. The Balaban J connectivity index is 1.58. The topological polar surface area (TPSA) is 47.4 Å². The number of hydrogen-bond acceptors (Lipinski definition) is 3. The van der Waals surface area contributed by atoms with Gasteiger partial charge in [-0.1, -0.05) is 18.2 Å². The number of aryl methyl sites for hydroxylation is 1. The fraction of sp³-hybridized carbons (Fsp3) is 0.200. The minimum absolute atomic E-state index is 0.113. The zero-order valence-electron chi connectivity index (χ0n) is 17.8. The molecule has 0 fully saturated rings. The predicted octanol–water partition coefficient (Wildman–Crippen LogP) is 5.05. The van der Waals surface area contributed by atoms with Crippen LogP contribution in [0.25, 0.3) is 22.0 Å². The van der Waals surface area contributed by atoms with E-state index in [1.54, 1.807) is 34.8 Å². The Kier molecular flexibility index (Phi) is 5.71. The van der Waals surface area contributed by atoms with E-state index in [9.17, 15) is 9.18 Å². The SMILES string of the molecule is CCOc1cc(C(=O)N(C)Cc2ccc3nn(C)cc3c2)ccc1-c1cccc(F)c1. The zero-order valence-corrected chi connectivity index (χ0v) is 17.8. The number of nitrogens with zero attached hydrogens (tertiary/aromatic N) is 3. The molecule has 0 N–H and O–H groups in total. The van der Waals surface area contributed by atoms with Crippen molar-refractivity contribution in [3.63, 3.8) is 0 Å². The lowest BCUT2D eigenvalue weighted by Gasteiger charge is -2.19. The Labute approximate surface area is 180 Å². The number of halogens is 1. The maximum atomic E-state index is 13.7. The molecule has 1 amide bonds. The third-order valence-electron chi connectivity index (χ3n) is 5.11. The van der Waals surface area contributed by atoms with E-state index in [1.165, 1.54) is 12.1 Å².